The van der Waals surface area contributed by atoms with Crippen molar-refractivity contribution in [3.05, 3.63) is 65.7 Å². The fraction of sp³-hybridized carbons (Fsp3) is 0.581. The SMILES string of the molecule is CC[C@H](C)[C@H](NC(=O)[C@@H]1CCCN1C(=O)[C@@H](N)C(C)C)C(=O)N[C@@H](Cc1ccccc1)C(=O)N[C@H](C(=O)N[C@@H](Cc1ccc(O)cc1)C(=O)NCC(=O)N[C@@H](CCC(=O)O)C(=O)N[C@@H](CC(C)C)C(=O)N[C@@H](CCC(N)=O)C(=O)N[C@@H](CCCN=C(N)N)C(N)=O)[C@@H](C)O. The van der Waals surface area contributed by atoms with Gasteiger partial charge in [-0.1, -0.05) is 90.4 Å². The Hall–Kier alpha value is -9.46. The van der Waals surface area contributed by atoms with Crippen LogP contribution in [0.25, 0.3) is 0 Å². The number of phenols is 1. The number of nitrogens with zero attached hydrogens (tertiary/aromatic N) is 2. The van der Waals surface area contributed by atoms with Crippen LogP contribution in [-0.2, 0) is 75.2 Å². The summed E-state index contributed by atoms with van der Waals surface area (Å²) >= 11 is 0. The van der Waals surface area contributed by atoms with Gasteiger partial charge in [-0.05, 0) is 92.9 Å². The maximum absolute atomic E-state index is 14.5. The third-order valence-corrected chi connectivity index (χ3v) is 15.6. The fourth-order valence-corrected chi connectivity index (χ4v) is 9.99. The lowest BCUT2D eigenvalue weighted by atomic mass is 9.96. The number of aliphatic carboxylic acids is 1. The molecule has 94 heavy (non-hydrogen) atoms. The Balaban J connectivity index is 1.88. The van der Waals surface area contributed by atoms with Gasteiger partial charge in [0.05, 0.1) is 18.7 Å². The zero-order valence-corrected chi connectivity index (χ0v) is 54.3. The van der Waals surface area contributed by atoms with E-state index in [1.165, 1.54) is 36.1 Å². The van der Waals surface area contributed by atoms with Crippen LogP contribution in [0.3, 0.4) is 0 Å². The Morgan fingerprint density at radius 3 is 1.67 bits per heavy atom. The van der Waals surface area contributed by atoms with E-state index < -0.39 is 175 Å². The molecule has 12 amide bonds. The normalized spacial score (nSPS) is 16.3. The number of aliphatic hydroxyl groups excluding tert-OH is 1. The maximum atomic E-state index is 14.5. The highest BCUT2D eigenvalue weighted by Crippen LogP contribution is 2.22. The molecular formula is C62H96N16O16. The summed E-state index contributed by atoms with van der Waals surface area (Å²) < 4.78 is 0. The van der Waals surface area contributed by atoms with Gasteiger partial charge in [0, 0.05) is 38.8 Å². The number of carboxylic acid groups (broad SMARTS) is 1. The topological polar surface area (TPSA) is 537 Å². The summed E-state index contributed by atoms with van der Waals surface area (Å²) in [6, 6.07) is 0.108. The fourth-order valence-electron chi connectivity index (χ4n) is 9.99. The molecule has 32 nitrogen and oxygen atoms in total. The van der Waals surface area contributed by atoms with Crippen LogP contribution < -0.4 is 76.5 Å². The number of guanidine groups is 1. The lowest BCUT2D eigenvalue weighted by Gasteiger charge is -2.31. The molecule has 2 aromatic carbocycles. The predicted octanol–water partition coefficient (Wildman–Crippen LogP) is -3.71. The van der Waals surface area contributed by atoms with Crippen molar-refractivity contribution in [2.75, 3.05) is 19.6 Å². The van der Waals surface area contributed by atoms with Gasteiger partial charge >= 0.3 is 5.97 Å². The third-order valence-electron chi connectivity index (χ3n) is 15.6. The molecule has 32 heteroatoms. The number of nitrogens with two attached hydrogens (primary N) is 5. The number of amides is 12. The van der Waals surface area contributed by atoms with Crippen molar-refractivity contribution in [1.82, 2.24) is 52.8 Å². The highest BCUT2D eigenvalue weighted by molar-refractivity contribution is 5.99. The van der Waals surface area contributed by atoms with Crippen molar-refractivity contribution < 1.29 is 77.6 Å². The van der Waals surface area contributed by atoms with E-state index >= 15 is 0 Å². The number of aromatic hydroxyl groups is 1. The van der Waals surface area contributed by atoms with E-state index in [0.717, 1.165) is 0 Å². The van der Waals surface area contributed by atoms with Gasteiger partial charge in [0.25, 0.3) is 0 Å². The van der Waals surface area contributed by atoms with Gasteiger partial charge in [-0.15, -0.1) is 0 Å². The van der Waals surface area contributed by atoms with Crippen LogP contribution >= 0.6 is 0 Å². The molecule has 0 unspecified atom stereocenters. The van der Waals surface area contributed by atoms with Gasteiger partial charge < -0.3 is 96.7 Å². The molecule has 0 bridgehead atoms. The molecule has 1 aliphatic rings. The average molecular weight is 1320 g/mol. The molecule has 0 saturated carbocycles. The van der Waals surface area contributed by atoms with Crippen LogP contribution in [0.4, 0.5) is 0 Å². The number of carbonyl (C=O) groups is 13. The second kappa shape index (κ2) is 39.2. The lowest BCUT2D eigenvalue weighted by molar-refractivity contribution is -0.141. The number of primary amides is 2. The first-order chi connectivity index (χ1) is 44.2. The van der Waals surface area contributed by atoms with Crippen molar-refractivity contribution >= 4 is 82.8 Å². The van der Waals surface area contributed by atoms with E-state index in [0.29, 0.717) is 30.4 Å². The van der Waals surface area contributed by atoms with E-state index in [4.69, 9.17) is 28.7 Å². The number of rotatable bonds is 40. The number of aliphatic hydroxyl groups is 1. The molecule has 520 valence electrons. The number of aliphatic imine (C=N–C) groups is 1. The van der Waals surface area contributed by atoms with Gasteiger partial charge in [-0.3, -0.25) is 67.3 Å². The summed E-state index contributed by atoms with van der Waals surface area (Å²) in [5.74, 6) is -13.5. The highest BCUT2D eigenvalue weighted by atomic mass is 16.4. The second-order valence-corrected chi connectivity index (χ2v) is 24.2. The van der Waals surface area contributed by atoms with E-state index in [-0.39, 0.29) is 75.2 Å². The largest absolute Gasteiger partial charge is 0.508 e. The average Bonchev–Trinajstić information content (AvgIpc) is 1.57. The number of phenolic OH excluding ortho intramolecular Hbond substituents is 1. The Morgan fingerprint density at radius 2 is 1.13 bits per heavy atom. The van der Waals surface area contributed by atoms with Crippen molar-refractivity contribution in [2.24, 2.45) is 51.4 Å². The van der Waals surface area contributed by atoms with Crippen molar-refractivity contribution in [3.63, 3.8) is 0 Å². The minimum absolute atomic E-state index is 0.0216. The van der Waals surface area contributed by atoms with Crippen molar-refractivity contribution in [1.29, 1.82) is 0 Å². The Kier molecular flexibility index (Phi) is 32.8. The molecule has 3 rings (SSSR count). The standard InChI is InChI=1S/C62H96N16O16/c1-8-34(6)50(76-58(91)45-17-13-27-78(45)61(94)49(64)33(4)5)59(92)75-44(29-36-14-10-9-11-15-36)57(90)77-51(35(7)79)60(93)74-43(30-37-18-20-38(80)21-19-37)53(86)69-31-47(82)70-40(23-25-48(83)84)54(87)73-42(28-32(2)3)56(89)72-41(22-24-46(63)81)55(88)71-39(52(65)85)16-12-26-68-62(66)67/h9-11,14-15,18-21,32-35,39-45,49-51,79-80H,8,12-13,16-17,22-31,64H2,1-7H3,(H2,63,81)(H2,65,85)(H,69,86)(H,70,82)(H,71,88)(H,72,89)(H,73,87)(H,74,93)(H,75,92)(H,76,91)(H,77,90)(H,83,84)(H4,66,67,68)/t34-,35+,39-,40-,41-,42-,43-,44-,45-,49-,50-,51-/m0/s1. The van der Waals surface area contributed by atoms with Crippen LogP contribution in [0.5, 0.6) is 5.75 Å². The Labute approximate surface area is 546 Å². The summed E-state index contributed by atoms with van der Waals surface area (Å²) in [4.78, 5) is 181. The summed E-state index contributed by atoms with van der Waals surface area (Å²) in [6.45, 7) is 11.1. The molecule has 2 aromatic rings. The van der Waals surface area contributed by atoms with Crippen LogP contribution in [0.1, 0.15) is 124 Å². The van der Waals surface area contributed by atoms with E-state index in [1.807, 2.05) is 0 Å². The summed E-state index contributed by atoms with van der Waals surface area (Å²) in [5.41, 5.74) is 28.7. The molecular weight excluding hydrogens is 1220 g/mol. The summed E-state index contributed by atoms with van der Waals surface area (Å²) in [7, 11) is 0. The smallest absolute Gasteiger partial charge is 0.303 e. The minimum Gasteiger partial charge on any atom is -0.508 e. The monoisotopic (exact) mass is 1320 g/mol. The number of likely N-dealkylation sites (tertiary alicyclic amines) is 1. The second-order valence-electron chi connectivity index (χ2n) is 24.2. The quantitative estimate of drug-likeness (QED) is 0.0173. The molecule has 1 saturated heterocycles. The number of carbonyl (C=O) groups excluding carboxylic acids is 12. The third kappa shape index (κ3) is 27.0. The van der Waals surface area contributed by atoms with Gasteiger partial charge in [0.2, 0.25) is 70.9 Å². The molecule has 1 fully saturated rings. The van der Waals surface area contributed by atoms with E-state index in [1.54, 1.807) is 71.9 Å². The van der Waals surface area contributed by atoms with Crippen molar-refractivity contribution in [3.8, 4) is 5.75 Å². The predicted molar refractivity (Wildman–Crippen MR) is 343 cm³/mol. The van der Waals surface area contributed by atoms with Gasteiger partial charge in [-0.2, -0.15) is 0 Å². The molecule has 12 atom stereocenters. The molecule has 1 aliphatic heterocycles. The highest BCUT2D eigenvalue weighted by Gasteiger charge is 2.41. The van der Waals surface area contributed by atoms with Gasteiger partial charge in [0.1, 0.15) is 60.1 Å². The maximum Gasteiger partial charge on any atom is 0.303 e. The zero-order chi connectivity index (χ0) is 70.5. The number of nitrogens with one attached hydrogen (secondary N) is 9. The Bertz CT molecular complexity index is 2960. The van der Waals surface area contributed by atoms with Crippen LogP contribution in [-0.4, -0.2) is 189 Å². The molecule has 1 heterocycles. The molecule has 22 N–H and O–H groups in total. The lowest BCUT2D eigenvalue weighted by Crippen LogP contribution is -2.62. The number of carboxylic acids is 1. The first kappa shape index (κ1) is 78.8. The number of hydrogen-bond acceptors (Lipinski definition) is 17. The molecule has 0 aliphatic carbocycles. The number of benzene rings is 2. The number of hydrogen-bond donors (Lipinski definition) is 17. The van der Waals surface area contributed by atoms with E-state index in [9.17, 15) is 77.6 Å². The van der Waals surface area contributed by atoms with Crippen LogP contribution in [0.2, 0.25) is 0 Å². The first-order valence-electron chi connectivity index (χ1n) is 31.3. The summed E-state index contributed by atoms with van der Waals surface area (Å²) in [6.07, 6.45) is -2.85. The van der Waals surface area contributed by atoms with Gasteiger partial charge in [-0.25, -0.2) is 0 Å². The van der Waals surface area contributed by atoms with Gasteiger partial charge in [0.15, 0.2) is 5.96 Å². The van der Waals surface area contributed by atoms with Crippen LogP contribution in [0.15, 0.2) is 59.6 Å². The summed E-state index contributed by atoms with van der Waals surface area (Å²) in [5, 5.41) is 53.3. The van der Waals surface area contributed by atoms with Crippen molar-refractivity contribution in [2.45, 2.75) is 192 Å². The zero-order valence-electron chi connectivity index (χ0n) is 54.3. The first-order valence-corrected chi connectivity index (χ1v) is 31.3. The Morgan fingerprint density at radius 1 is 0.606 bits per heavy atom. The van der Waals surface area contributed by atoms with Crippen LogP contribution in [0, 0.1) is 17.8 Å². The van der Waals surface area contributed by atoms with E-state index in [2.05, 4.69) is 52.8 Å². The minimum atomic E-state index is -1.82. The molecule has 0 radical (unpaired) electrons. The molecule has 0 spiro atoms. The molecule has 0 aromatic heterocycles.